The number of imide groups is 1. The second-order valence-corrected chi connectivity index (χ2v) is 7.97. The topological polar surface area (TPSA) is 87.3 Å². The van der Waals surface area contributed by atoms with Gasteiger partial charge in [-0.1, -0.05) is 80.7 Å². The van der Waals surface area contributed by atoms with Gasteiger partial charge in [0.25, 0.3) is 0 Å². The normalized spacial score (nSPS) is 10.5. The number of ether oxygens (including phenoxy) is 1. The number of hydrogen-bond acceptors (Lipinski definition) is 6. The first-order chi connectivity index (χ1) is 13.6. The minimum absolute atomic E-state index is 0.112. The van der Waals surface area contributed by atoms with E-state index in [2.05, 4.69) is 22.4 Å². The maximum atomic E-state index is 12.6. The fraction of sp³-hybridized carbons (Fsp3) is 0.474. The predicted octanol–water partition coefficient (Wildman–Crippen LogP) is 5.73. The Hall–Kier alpha value is -2.26. The molecule has 0 saturated carbocycles. The van der Waals surface area contributed by atoms with Crippen LogP contribution in [0, 0.1) is 3.95 Å². The van der Waals surface area contributed by atoms with Crippen LogP contribution in [-0.2, 0) is 11.3 Å². The molecule has 2 aromatic rings. The second kappa shape index (κ2) is 12.2. The van der Waals surface area contributed by atoms with Gasteiger partial charge in [0, 0.05) is 6.54 Å². The molecule has 0 fully saturated rings. The van der Waals surface area contributed by atoms with Gasteiger partial charge in [0.15, 0.2) is 3.95 Å². The molecule has 0 radical (unpaired) electrons. The van der Waals surface area contributed by atoms with Gasteiger partial charge < -0.3 is 4.74 Å². The van der Waals surface area contributed by atoms with Crippen LogP contribution < -0.4 is 5.32 Å². The van der Waals surface area contributed by atoms with E-state index in [0.29, 0.717) is 15.6 Å². The molecular weight excluding hydrogens is 396 g/mol. The van der Waals surface area contributed by atoms with Crippen LogP contribution in [0.5, 0.6) is 0 Å². The summed E-state index contributed by atoms with van der Waals surface area (Å²) in [6, 6.07) is 8.79. The first kappa shape index (κ1) is 22.0. The molecule has 0 atom stereocenters. The van der Waals surface area contributed by atoms with Crippen molar-refractivity contribution in [3.05, 3.63) is 39.8 Å². The lowest BCUT2D eigenvalue weighted by Gasteiger charge is -2.20. The number of urea groups is 1. The molecule has 152 valence electrons. The quantitative estimate of drug-likeness (QED) is 0.377. The Balaban J connectivity index is 1.92. The summed E-state index contributed by atoms with van der Waals surface area (Å²) < 4.78 is 5.78. The van der Waals surface area contributed by atoms with Gasteiger partial charge in [-0.05, 0) is 24.2 Å². The summed E-state index contributed by atoms with van der Waals surface area (Å²) in [7, 11) is 0. The molecule has 0 unspecified atom stereocenters. The van der Waals surface area contributed by atoms with Crippen molar-refractivity contribution in [3.8, 4) is 0 Å². The molecule has 1 aromatic carbocycles. The minimum atomic E-state index is -0.672. The second-order valence-electron chi connectivity index (χ2n) is 6.31. The van der Waals surface area contributed by atoms with Crippen molar-refractivity contribution in [3.63, 3.8) is 0 Å². The summed E-state index contributed by atoms with van der Waals surface area (Å²) in [6.07, 6.45) is 5.64. The molecule has 0 aliphatic heterocycles. The van der Waals surface area contributed by atoms with Crippen molar-refractivity contribution in [1.82, 2.24) is 15.1 Å². The van der Waals surface area contributed by atoms with E-state index < -0.39 is 12.1 Å². The molecule has 7 nitrogen and oxygen atoms in total. The molecule has 0 saturated heterocycles. The summed E-state index contributed by atoms with van der Waals surface area (Å²) in [5, 5.41) is 9.41. The van der Waals surface area contributed by atoms with Crippen LogP contribution in [0.2, 0.25) is 0 Å². The summed E-state index contributed by atoms with van der Waals surface area (Å²) in [6.45, 7) is 2.57. The number of amides is 3. The van der Waals surface area contributed by atoms with E-state index in [9.17, 15) is 9.59 Å². The van der Waals surface area contributed by atoms with Crippen molar-refractivity contribution in [2.75, 3.05) is 11.9 Å². The third kappa shape index (κ3) is 7.77. The number of hydrogen-bond donors (Lipinski definition) is 2. The number of nitrogens with one attached hydrogen (secondary N) is 2. The summed E-state index contributed by atoms with van der Waals surface area (Å²) in [4.78, 5) is 26.2. The zero-order valence-electron chi connectivity index (χ0n) is 16.0. The molecule has 0 aliphatic rings. The average molecular weight is 423 g/mol. The molecule has 0 bridgehead atoms. The van der Waals surface area contributed by atoms with Crippen LogP contribution >= 0.6 is 23.6 Å². The van der Waals surface area contributed by atoms with Gasteiger partial charge >= 0.3 is 12.1 Å². The number of aromatic nitrogens is 2. The molecule has 0 aliphatic carbocycles. The Bertz CT molecular complexity index is 792. The van der Waals surface area contributed by atoms with E-state index in [1.165, 1.54) is 12.8 Å². The monoisotopic (exact) mass is 422 g/mol. The highest BCUT2D eigenvalue weighted by atomic mass is 32.1. The number of carbonyl (C=O) groups excluding carboxylic acids is 2. The molecular formula is C19H26N4O3S2. The van der Waals surface area contributed by atoms with Crippen LogP contribution in [0.15, 0.2) is 30.3 Å². The highest BCUT2D eigenvalue weighted by molar-refractivity contribution is 7.73. The molecule has 0 spiro atoms. The Morgan fingerprint density at radius 2 is 1.89 bits per heavy atom. The lowest BCUT2D eigenvalue weighted by atomic mass is 10.1. The standard InChI is InChI=1S/C19H26N4O3S2/c1-2-3-4-5-6-10-13-23(17(24)20-16-21-22-18(27)28-16)19(25)26-14-15-11-8-7-9-12-15/h7-9,11-12H,2-6,10,13-14H2,1H3,(H,22,27)(H,20,21,24). The Morgan fingerprint density at radius 1 is 1.18 bits per heavy atom. The van der Waals surface area contributed by atoms with Crippen molar-refractivity contribution in [2.45, 2.75) is 52.1 Å². The molecule has 2 rings (SSSR count). The van der Waals surface area contributed by atoms with Crippen molar-refractivity contribution >= 4 is 40.8 Å². The molecule has 9 heteroatoms. The van der Waals surface area contributed by atoms with Gasteiger partial charge in [-0.25, -0.2) is 14.5 Å². The first-order valence-electron chi connectivity index (χ1n) is 9.45. The fourth-order valence-corrected chi connectivity index (χ4v) is 3.34. The highest BCUT2D eigenvalue weighted by Crippen LogP contribution is 2.14. The summed E-state index contributed by atoms with van der Waals surface area (Å²) in [5.41, 5.74) is 0.862. The Morgan fingerprint density at radius 3 is 2.57 bits per heavy atom. The SMILES string of the molecule is CCCCCCCCN(C(=O)Nc1n[nH]c(=S)s1)C(=O)OCc1ccccc1. The maximum absolute atomic E-state index is 12.6. The number of unbranched alkanes of at least 4 members (excludes halogenated alkanes) is 5. The lowest BCUT2D eigenvalue weighted by Crippen LogP contribution is -2.41. The van der Waals surface area contributed by atoms with Crippen molar-refractivity contribution < 1.29 is 14.3 Å². The average Bonchev–Trinajstić information content (AvgIpc) is 3.11. The van der Waals surface area contributed by atoms with Crippen LogP contribution in [0.1, 0.15) is 51.0 Å². The van der Waals surface area contributed by atoms with Gasteiger partial charge in [0.2, 0.25) is 5.13 Å². The number of aromatic amines is 1. The zero-order chi connectivity index (χ0) is 20.2. The molecule has 1 heterocycles. The third-order valence-electron chi connectivity index (χ3n) is 4.06. The van der Waals surface area contributed by atoms with Crippen LogP contribution in [-0.4, -0.2) is 33.8 Å². The van der Waals surface area contributed by atoms with Crippen LogP contribution in [0.3, 0.4) is 0 Å². The van der Waals surface area contributed by atoms with E-state index in [0.717, 1.165) is 47.5 Å². The minimum Gasteiger partial charge on any atom is -0.444 e. The third-order valence-corrected chi connectivity index (χ3v) is 5.06. The number of benzene rings is 1. The van der Waals surface area contributed by atoms with Crippen molar-refractivity contribution in [1.29, 1.82) is 0 Å². The molecule has 1 aromatic heterocycles. The van der Waals surface area contributed by atoms with E-state index >= 15 is 0 Å². The van der Waals surface area contributed by atoms with Crippen LogP contribution in [0.4, 0.5) is 14.7 Å². The van der Waals surface area contributed by atoms with E-state index in [4.69, 9.17) is 17.0 Å². The van der Waals surface area contributed by atoms with Gasteiger partial charge in [0.1, 0.15) is 6.61 Å². The number of nitrogens with zero attached hydrogens (tertiary/aromatic N) is 2. The van der Waals surface area contributed by atoms with E-state index in [1.54, 1.807) is 0 Å². The summed E-state index contributed by atoms with van der Waals surface area (Å²) >= 11 is 6.09. The predicted molar refractivity (Wildman–Crippen MR) is 113 cm³/mol. The zero-order valence-corrected chi connectivity index (χ0v) is 17.6. The van der Waals surface area contributed by atoms with Gasteiger partial charge in [-0.3, -0.25) is 10.4 Å². The van der Waals surface area contributed by atoms with E-state index in [1.807, 2.05) is 30.3 Å². The lowest BCUT2D eigenvalue weighted by molar-refractivity contribution is 0.106. The van der Waals surface area contributed by atoms with Gasteiger partial charge in [-0.15, -0.1) is 5.10 Å². The maximum Gasteiger partial charge on any atom is 0.418 e. The van der Waals surface area contributed by atoms with Gasteiger partial charge in [0.05, 0.1) is 0 Å². The number of carbonyl (C=O) groups is 2. The van der Waals surface area contributed by atoms with Crippen LogP contribution in [0.25, 0.3) is 0 Å². The largest absolute Gasteiger partial charge is 0.444 e. The molecule has 3 amide bonds. The Labute approximate surface area is 174 Å². The number of anilines is 1. The number of rotatable bonds is 10. The first-order valence-corrected chi connectivity index (χ1v) is 10.7. The fourth-order valence-electron chi connectivity index (χ4n) is 2.57. The smallest absolute Gasteiger partial charge is 0.418 e. The summed E-state index contributed by atoms with van der Waals surface area (Å²) in [5.74, 6) is 0. The van der Waals surface area contributed by atoms with Gasteiger partial charge in [-0.2, -0.15) is 0 Å². The number of H-pyrrole nitrogens is 1. The Kier molecular flexibility index (Phi) is 9.64. The highest BCUT2D eigenvalue weighted by Gasteiger charge is 2.23. The van der Waals surface area contributed by atoms with Crippen molar-refractivity contribution in [2.24, 2.45) is 0 Å². The molecule has 2 N–H and O–H groups in total. The van der Waals surface area contributed by atoms with E-state index in [-0.39, 0.29) is 6.61 Å². The molecule has 28 heavy (non-hydrogen) atoms.